The van der Waals surface area contributed by atoms with Gasteiger partial charge in [-0.15, -0.1) is 0 Å². The van der Waals surface area contributed by atoms with Gasteiger partial charge in [0, 0.05) is 67.5 Å². The van der Waals surface area contributed by atoms with Gasteiger partial charge in [-0.2, -0.15) is 0 Å². The summed E-state index contributed by atoms with van der Waals surface area (Å²) >= 11 is 0. The Bertz CT molecular complexity index is 1250. The molecular formula is C43H66N6. The fraction of sp³-hybridized carbons (Fsp3) is 0.488. The average molecular weight is 667 g/mol. The molecule has 0 amide bonds. The third-order valence-electron chi connectivity index (χ3n) is 6.92. The molecule has 0 aliphatic heterocycles. The van der Waals surface area contributed by atoms with E-state index in [-0.39, 0.29) is 0 Å². The molecule has 5 rings (SSSR count). The first-order valence-corrected chi connectivity index (χ1v) is 18.2. The van der Waals surface area contributed by atoms with Gasteiger partial charge in [-0.05, 0) is 115 Å². The molecule has 0 saturated carbocycles. The van der Waals surface area contributed by atoms with E-state index in [1.807, 2.05) is 55.4 Å². The minimum absolute atomic E-state index is 0.704. The maximum Gasteiger partial charge on any atom is 0.0921 e. The smallest absolute Gasteiger partial charge is 0.0921 e. The second kappa shape index (κ2) is 26.8. The first-order valence-electron chi connectivity index (χ1n) is 18.2. The lowest BCUT2D eigenvalue weighted by atomic mass is 10.0. The number of pyridine rings is 3. The van der Waals surface area contributed by atoms with E-state index in [9.17, 15) is 0 Å². The second-order valence-corrected chi connectivity index (χ2v) is 14.6. The molecule has 49 heavy (non-hydrogen) atoms. The molecule has 268 valence electrons. The van der Waals surface area contributed by atoms with Crippen molar-refractivity contribution in [3.8, 4) is 0 Å². The van der Waals surface area contributed by atoms with Crippen molar-refractivity contribution in [2.24, 2.45) is 29.6 Å². The number of hydrogen-bond donors (Lipinski definition) is 1. The Kier molecular flexibility index (Phi) is 23.5. The number of aryl methyl sites for hydroxylation is 1. The SMILES string of the molecule is CC(C)CCn1cccc1.CC(C)Cc1ccccn1.CC(C)Cc1cccnc1.CC(C)Cc1ccncc1.CC(C)Cc1cnc[nH]1. The van der Waals surface area contributed by atoms with Gasteiger partial charge in [0.2, 0.25) is 0 Å². The lowest BCUT2D eigenvalue weighted by Gasteiger charge is -2.04. The van der Waals surface area contributed by atoms with Gasteiger partial charge in [-0.25, -0.2) is 4.98 Å². The number of H-pyrrole nitrogens is 1. The molecule has 1 N–H and O–H groups in total. The van der Waals surface area contributed by atoms with Crippen LogP contribution in [-0.2, 0) is 32.2 Å². The number of hydrogen-bond acceptors (Lipinski definition) is 4. The molecule has 5 aromatic rings. The van der Waals surface area contributed by atoms with Crippen LogP contribution >= 0.6 is 0 Å². The summed E-state index contributed by atoms with van der Waals surface area (Å²) in [5, 5.41) is 0. The van der Waals surface area contributed by atoms with E-state index in [0.717, 1.165) is 50.0 Å². The number of imidazole rings is 1. The minimum Gasteiger partial charge on any atom is -0.354 e. The highest BCUT2D eigenvalue weighted by Gasteiger charge is 1.98. The summed E-state index contributed by atoms with van der Waals surface area (Å²) in [7, 11) is 0. The standard InChI is InChI=1S/C9H13N.C9H15N.2C9H13N.C7H12N2/c1-8(2)7-9-3-5-10-6-4-9;1-9(2)5-8-10-6-3-4-7-10;1-8(2)6-9-4-3-5-10-7-9;1-8(2)7-9-5-3-4-6-10-9;1-6(2)3-7-4-8-5-9-7/h3-6,8H,7H2,1-2H3;3-4,6-7,9H,5,8H2,1-2H3;3-5,7-8H,6H2,1-2H3;3-6,8H,7H2,1-2H3;4-6H,3H2,1-2H3,(H,8,9). The number of nitrogens with zero attached hydrogens (tertiary/aromatic N) is 5. The summed E-state index contributed by atoms with van der Waals surface area (Å²) in [5.74, 6) is 3.69. The Hall–Kier alpha value is -4.06. The summed E-state index contributed by atoms with van der Waals surface area (Å²) in [6, 6.07) is 18.4. The van der Waals surface area contributed by atoms with Crippen molar-refractivity contribution in [3.63, 3.8) is 0 Å². The number of nitrogens with one attached hydrogen (secondary N) is 1. The molecule has 0 aliphatic rings. The van der Waals surface area contributed by atoms with E-state index in [1.54, 1.807) is 6.33 Å². The van der Waals surface area contributed by atoms with E-state index in [1.165, 1.54) is 28.9 Å². The van der Waals surface area contributed by atoms with E-state index >= 15 is 0 Å². The topological polar surface area (TPSA) is 72.3 Å². The van der Waals surface area contributed by atoms with E-state index in [0.29, 0.717) is 11.8 Å². The van der Waals surface area contributed by atoms with Crippen LogP contribution in [0.25, 0.3) is 0 Å². The maximum absolute atomic E-state index is 4.22. The summed E-state index contributed by atoms with van der Waals surface area (Å²) < 4.78 is 2.22. The molecule has 0 atom stereocenters. The largest absolute Gasteiger partial charge is 0.354 e. The Morgan fingerprint density at radius 3 is 1.65 bits per heavy atom. The summed E-state index contributed by atoms with van der Waals surface area (Å²) in [6.07, 6.45) is 22.8. The summed E-state index contributed by atoms with van der Waals surface area (Å²) in [5.41, 5.74) is 5.13. The quantitative estimate of drug-likeness (QED) is 0.152. The van der Waals surface area contributed by atoms with Gasteiger partial charge in [-0.1, -0.05) is 81.4 Å². The summed E-state index contributed by atoms with van der Waals surface area (Å²) in [4.78, 5) is 19.2. The van der Waals surface area contributed by atoms with Crippen LogP contribution in [0.1, 0.15) is 98.2 Å². The van der Waals surface area contributed by atoms with E-state index < -0.39 is 0 Å². The molecule has 0 saturated heterocycles. The van der Waals surface area contributed by atoms with Gasteiger partial charge in [0.1, 0.15) is 0 Å². The summed E-state index contributed by atoms with van der Waals surface area (Å²) in [6.45, 7) is 23.3. The van der Waals surface area contributed by atoms with Gasteiger partial charge in [0.05, 0.1) is 6.33 Å². The first-order chi connectivity index (χ1) is 23.4. The van der Waals surface area contributed by atoms with Crippen molar-refractivity contribution >= 4 is 0 Å². The predicted molar refractivity (Wildman–Crippen MR) is 209 cm³/mol. The van der Waals surface area contributed by atoms with Gasteiger partial charge < -0.3 is 9.55 Å². The number of rotatable bonds is 11. The zero-order chi connectivity index (χ0) is 36.3. The van der Waals surface area contributed by atoms with Crippen LogP contribution in [-0.4, -0.2) is 29.5 Å². The molecule has 5 heterocycles. The Morgan fingerprint density at radius 1 is 0.531 bits per heavy atom. The molecule has 0 aromatic carbocycles. The molecule has 0 unspecified atom stereocenters. The molecule has 0 fully saturated rings. The number of aromatic amines is 1. The molecular weight excluding hydrogens is 601 g/mol. The molecule has 0 aliphatic carbocycles. The van der Waals surface area contributed by atoms with Gasteiger partial charge in [-0.3, -0.25) is 15.0 Å². The Morgan fingerprint density at radius 2 is 1.16 bits per heavy atom. The van der Waals surface area contributed by atoms with Crippen molar-refractivity contribution in [1.82, 2.24) is 29.5 Å². The lowest BCUT2D eigenvalue weighted by Crippen LogP contribution is -1.97. The highest BCUT2D eigenvalue weighted by Crippen LogP contribution is 2.07. The highest BCUT2D eigenvalue weighted by atomic mass is 14.9. The van der Waals surface area contributed by atoms with Crippen molar-refractivity contribution in [1.29, 1.82) is 0 Å². The highest BCUT2D eigenvalue weighted by molar-refractivity contribution is 5.10. The monoisotopic (exact) mass is 667 g/mol. The molecule has 6 heteroatoms. The first kappa shape index (κ1) is 43.0. The van der Waals surface area contributed by atoms with Crippen LogP contribution < -0.4 is 0 Å². The minimum atomic E-state index is 0.704. The maximum atomic E-state index is 4.22. The van der Waals surface area contributed by atoms with Crippen LogP contribution in [0.4, 0.5) is 0 Å². The van der Waals surface area contributed by atoms with Crippen LogP contribution in [0.5, 0.6) is 0 Å². The van der Waals surface area contributed by atoms with Crippen LogP contribution in [0, 0.1) is 29.6 Å². The second-order valence-electron chi connectivity index (χ2n) is 14.6. The van der Waals surface area contributed by atoms with E-state index in [4.69, 9.17) is 0 Å². The van der Waals surface area contributed by atoms with Crippen molar-refractivity contribution in [2.45, 2.75) is 108 Å². The third-order valence-corrected chi connectivity index (χ3v) is 6.92. The zero-order valence-electron chi connectivity index (χ0n) is 32.3. The molecule has 5 aromatic heterocycles. The van der Waals surface area contributed by atoms with Gasteiger partial charge >= 0.3 is 0 Å². The third kappa shape index (κ3) is 25.6. The van der Waals surface area contributed by atoms with Crippen molar-refractivity contribution in [2.75, 3.05) is 0 Å². The van der Waals surface area contributed by atoms with Gasteiger partial charge in [0.25, 0.3) is 0 Å². The average Bonchev–Trinajstić information content (AvgIpc) is 3.77. The predicted octanol–water partition coefficient (Wildman–Crippen LogP) is 11.0. The fourth-order valence-electron chi connectivity index (χ4n) is 4.68. The Balaban J connectivity index is 0.000000306. The fourth-order valence-corrected chi connectivity index (χ4v) is 4.68. The molecule has 0 radical (unpaired) electrons. The molecule has 0 bridgehead atoms. The Labute approximate surface area is 299 Å². The lowest BCUT2D eigenvalue weighted by molar-refractivity contribution is 0.517. The van der Waals surface area contributed by atoms with Crippen molar-refractivity contribution < 1.29 is 0 Å². The molecule has 0 spiro atoms. The van der Waals surface area contributed by atoms with Gasteiger partial charge in [0.15, 0.2) is 0 Å². The van der Waals surface area contributed by atoms with Crippen LogP contribution in [0.3, 0.4) is 0 Å². The van der Waals surface area contributed by atoms with Crippen molar-refractivity contribution in [3.05, 3.63) is 133 Å². The van der Waals surface area contributed by atoms with Crippen LogP contribution in [0.2, 0.25) is 0 Å². The van der Waals surface area contributed by atoms with Crippen LogP contribution in [0.15, 0.2) is 110 Å². The normalized spacial score (nSPS) is 10.4. The zero-order valence-corrected chi connectivity index (χ0v) is 32.3. The molecule has 6 nitrogen and oxygen atoms in total. The number of aromatic nitrogens is 6. The van der Waals surface area contributed by atoms with E-state index in [2.05, 4.69) is 148 Å².